The van der Waals surface area contributed by atoms with Crippen LogP contribution in [0.4, 0.5) is 4.39 Å². The maximum Gasteiger partial charge on any atom is 0.147 e. The van der Waals surface area contributed by atoms with Gasteiger partial charge in [-0.2, -0.15) is 5.26 Å². The lowest BCUT2D eigenvalue weighted by atomic mass is 10.2. The summed E-state index contributed by atoms with van der Waals surface area (Å²) in [5.41, 5.74) is -0.0614. The molecule has 0 saturated heterocycles. The van der Waals surface area contributed by atoms with E-state index in [9.17, 15) is 4.39 Å². The van der Waals surface area contributed by atoms with Gasteiger partial charge in [0.25, 0.3) is 0 Å². The molecule has 0 radical (unpaired) electrons. The van der Waals surface area contributed by atoms with E-state index < -0.39 is 5.82 Å². The number of benzene rings is 1. The van der Waals surface area contributed by atoms with Gasteiger partial charge in [0.05, 0.1) is 5.76 Å². The molecule has 0 bridgehead atoms. The molecular formula is C11H10FNO. The normalized spacial score (nSPS) is 10.9. The molecule has 14 heavy (non-hydrogen) atoms. The number of allylic oxidation sites excluding steroid dienone is 2. The highest BCUT2D eigenvalue weighted by molar-refractivity contribution is 5.44. The summed E-state index contributed by atoms with van der Waals surface area (Å²) in [5, 5.41) is 8.70. The van der Waals surface area contributed by atoms with Crippen molar-refractivity contribution >= 4 is 0 Å². The van der Waals surface area contributed by atoms with Crippen LogP contribution in [0.3, 0.4) is 0 Å². The van der Waals surface area contributed by atoms with Gasteiger partial charge in [-0.05, 0) is 32.1 Å². The van der Waals surface area contributed by atoms with Crippen LogP contribution >= 0.6 is 0 Å². The smallest absolute Gasteiger partial charge is 0.147 e. The van der Waals surface area contributed by atoms with Gasteiger partial charge < -0.3 is 4.74 Å². The Morgan fingerprint density at radius 2 is 2.29 bits per heavy atom. The van der Waals surface area contributed by atoms with Crippen LogP contribution in [0.2, 0.25) is 0 Å². The van der Waals surface area contributed by atoms with Gasteiger partial charge in [-0.3, -0.25) is 0 Å². The third-order valence-corrected chi connectivity index (χ3v) is 1.76. The van der Waals surface area contributed by atoms with E-state index in [0.29, 0.717) is 5.76 Å². The van der Waals surface area contributed by atoms with Crippen molar-refractivity contribution in [1.82, 2.24) is 0 Å². The molecule has 72 valence electrons. The van der Waals surface area contributed by atoms with E-state index in [1.54, 1.807) is 32.1 Å². The summed E-state index contributed by atoms with van der Waals surface area (Å²) in [4.78, 5) is 0. The van der Waals surface area contributed by atoms with Crippen molar-refractivity contribution in [1.29, 1.82) is 5.26 Å². The highest BCUT2D eigenvalue weighted by Crippen LogP contribution is 2.22. The lowest BCUT2D eigenvalue weighted by Crippen LogP contribution is -1.95. The summed E-state index contributed by atoms with van der Waals surface area (Å²) in [6, 6.07) is 6.07. The Bertz CT molecular complexity index is 404. The first-order chi connectivity index (χ1) is 6.69. The lowest BCUT2D eigenvalue weighted by molar-refractivity contribution is 0.421. The summed E-state index contributed by atoms with van der Waals surface area (Å²) >= 11 is 0. The Balaban J connectivity index is 3.10. The van der Waals surface area contributed by atoms with Crippen LogP contribution in [0.5, 0.6) is 5.75 Å². The van der Waals surface area contributed by atoms with Gasteiger partial charge in [-0.25, -0.2) is 4.39 Å². The Morgan fingerprint density at radius 1 is 1.57 bits per heavy atom. The third-order valence-electron chi connectivity index (χ3n) is 1.76. The fourth-order valence-electron chi connectivity index (χ4n) is 0.930. The fraction of sp³-hybridized carbons (Fsp3) is 0.182. The zero-order chi connectivity index (χ0) is 10.6. The second-order valence-electron chi connectivity index (χ2n) is 2.73. The van der Waals surface area contributed by atoms with E-state index in [-0.39, 0.29) is 11.3 Å². The Kier molecular flexibility index (Phi) is 3.24. The van der Waals surface area contributed by atoms with Gasteiger partial charge in [0.1, 0.15) is 23.2 Å². The third kappa shape index (κ3) is 2.11. The van der Waals surface area contributed by atoms with E-state index in [1.807, 2.05) is 0 Å². The molecule has 2 nitrogen and oxygen atoms in total. The molecule has 0 amide bonds. The number of nitrogens with zero attached hydrogens (tertiary/aromatic N) is 1. The summed E-state index contributed by atoms with van der Waals surface area (Å²) < 4.78 is 18.3. The van der Waals surface area contributed by atoms with Crippen LogP contribution < -0.4 is 4.74 Å². The minimum absolute atomic E-state index is 0.0614. The molecule has 3 heteroatoms. The van der Waals surface area contributed by atoms with Crippen molar-refractivity contribution in [3.05, 3.63) is 41.4 Å². The topological polar surface area (TPSA) is 33.0 Å². The van der Waals surface area contributed by atoms with Crippen LogP contribution in [0.25, 0.3) is 0 Å². The van der Waals surface area contributed by atoms with E-state index in [1.165, 1.54) is 12.1 Å². The first kappa shape index (κ1) is 10.3. The minimum atomic E-state index is -0.561. The summed E-state index contributed by atoms with van der Waals surface area (Å²) in [6.45, 7) is 3.55. The van der Waals surface area contributed by atoms with Crippen molar-refractivity contribution in [3.63, 3.8) is 0 Å². The molecule has 0 aliphatic rings. The SMILES string of the molecule is CC=C(C)Oc1cccc(F)c1C#N. The molecule has 0 N–H and O–H groups in total. The minimum Gasteiger partial charge on any atom is -0.461 e. The highest BCUT2D eigenvalue weighted by Gasteiger charge is 2.08. The highest BCUT2D eigenvalue weighted by atomic mass is 19.1. The number of halogens is 1. The van der Waals surface area contributed by atoms with Gasteiger partial charge in [0.15, 0.2) is 0 Å². The van der Waals surface area contributed by atoms with Crippen molar-refractivity contribution < 1.29 is 9.13 Å². The Hall–Kier alpha value is -1.82. The van der Waals surface area contributed by atoms with Crippen LogP contribution in [0, 0.1) is 17.1 Å². The molecule has 0 unspecified atom stereocenters. The van der Waals surface area contributed by atoms with Crippen molar-refractivity contribution in [3.8, 4) is 11.8 Å². The average molecular weight is 191 g/mol. The number of ether oxygens (including phenoxy) is 1. The van der Waals surface area contributed by atoms with Crippen LogP contribution in [0.1, 0.15) is 19.4 Å². The first-order valence-electron chi connectivity index (χ1n) is 4.18. The van der Waals surface area contributed by atoms with Gasteiger partial charge in [-0.15, -0.1) is 0 Å². The van der Waals surface area contributed by atoms with E-state index in [4.69, 9.17) is 10.00 Å². The molecule has 0 aliphatic carbocycles. The Labute approximate surface area is 82.2 Å². The molecule has 0 saturated carbocycles. The predicted molar refractivity (Wildman–Crippen MR) is 51.2 cm³/mol. The Morgan fingerprint density at radius 3 is 2.86 bits per heavy atom. The quantitative estimate of drug-likeness (QED) is 0.673. The molecule has 0 atom stereocenters. The van der Waals surface area contributed by atoms with Crippen molar-refractivity contribution in [2.45, 2.75) is 13.8 Å². The lowest BCUT2D eigenvalue weighted by Gasteiger charge is -2.06. The standard InChI is InChI=1S/C11H10FNO/c1-3-8(2)14-11-6-4-5-10(12)9(11)7-13/h3-6H,1-2H3. The molecular weight excluding hydrogens is 181 g/mol. The fourth-order valence-corrected chi connectivity index (χ4v) is 0.930. The summed E-state index contributed by atoms with van der Waals surface area (Å²) in [5.74, 6) is 0.323. The maximum absolute atomic E-state index is 13.1. The second-order valence-corrected chi connectivity index (χ2v) is 2.73. The van der Waals surface area contributed by atoms with E-state index >= 15 is 0 Å². The number of hydrogen-bond acceptors (Lipinski definition) is 2. The monoisotopic (exact) mass is 191 g/mol. The molecule has 0 aliphatic heterocycles. The predicted octanol–water partition coefficient (Wildman–Crippen LogP) is 3.00. The number of nitriles is 1. The van der Waals surface area contributed by atoms with Gasteiger partial charge in [0, 0.05) is 0 Å². The molecule has 0 spiro atoms. The van der Waals surface area contributed by atoms with Gasteiger partial charge in [0.2, 0.25) is 0 Å². The number of hydrogen-bond donors (Lipinski definition) is 0. The molecule has 1 aromatic rings. The van der Waals surface area contributed by atoms with Crippen molar-refractivity contribution in [2.24, 2.45) is 0 Å². The van der Waals surface area contributed by atoms with E-state index in [2.05, 4.69) is 0 Å². The zero-order valence-electron chi connectivity index (χ0n) is 8.04. The molecule has 0 heterocycles. The zero-order valence-corrected chi connectivity index (χ0v) is 8.04. The van der Waals surface area contributed by atoms with Gasteiger partial charge >= 0.3 is 0 Å². The van der Waals surface area contributed by atoms with E-state index in [0.717, 1.165) is 0 Å². The van der Waals surface area contributed by atoms with Crippen LogP contribution in [-0.2, 0) is 0 Å². The molecule has 1 aromatic carbocycles. The van der Waals surface area contributed by atoms with Gasteiger partial charge in [-0.1, -0.05) is 6.07 Å². The summed E-state index contributed by atoms with van der Waals surface area (Å²) in [6.07, 6.45) is 1.74. The maximum atomic E-state index is 13.1. The first-order valence-corrected chi connectivity index (χ1v) is 4.18. The molecule has 0 aromatic heterocycles. The van der Waals surface area contributed by atoms with Crippen LogP contribution in [0.15, 0.2) is 30.0 Å². The van der Waals surface area contributed by atoms with Crippen molar-refractivity contribution in [2.75, 3.05) is 0 Å². The number of rotatable bonds is 2. The average Bonchev–Trinajstić information content (AvgIpc) is 2.18. The second kappa shape index (κ2) is 4.43. The molecule has 0 fully saturated rings. The summed E-state index contributed by atoms with van der Waals surface area (Å²) in [7, 11) is 0. The largest absolute Gasteiger partial charge is 0.461 e. The van der Waals surface area contributed by atoms with Crippen LogP contribution in [-0.4, -0.2) is 0 Å². The molecule has 1 rings (SSSR count).